The molecule has 9 heteroatoms. The smallest absolute Gasteiger partial charge is 0.288 e. The first-order chi connectivity index (χ1) is 8.04. The van der Waals surface area contributed by atoms with E-state index in [0.29, 0.717) is 0 Å². The van der Waals surface area contributed by atoms with Gasteiger partial charge in [0.2, 0.25) is 5.82 Å². The van der Waals surface area contributed by atoms with Gasteiger partial charge in [-0.15, -0.1) is 5.10 Å². The van der Waals surface area contributed by atoms with E-state index in [1.165, 1.54) is 0 Å². The zero-order valence-electron chi connectivity index (χ0n) is 8.67. The zero-order valence-corrected chi connectivity index (χ0v) is 8.67. The summed E-state index contributed by atoms with van der Waals surface area (Å²) in [7, 11) is 0. The summed E-state index contributed by atoms with van der Waals surface area (Å²) in [6.45, 7) is -0.438. The van der Waals surface area contributed by atoms with Crippen LogP contribution in [-0.2, 0) is 4.74 Å². The molecule has 9 nitrogen and oxygen atoms in total. The van der Waals surface area contributed by atoms with Crippen molar-refractivity contribution in [2.45, 2.75) is 24.5 Å². The molecule has 0 bridgehead atoms. The number of carbonyl (C=O) groups excluding carboxylic acids is 1. The highest BCUT2D eigenvalue weighted by Gasteiger charge is 2.43. The van der Waals surface area contributed by atoms with Crippen LogP contribution in [-0.4, -0.2) is 60.9 Å². The van der Waals surface area contributed by atoms with Gasteiger partial charge in [0.1, 0.15) is 24.6 Å². The molecule has 4 atom stereocenters. The molecule has 0 aliphatic carbocycles. The molecule has 0 aromatic carbocycles. The molecule has 1 fully saturated rings. The van der Waals surface area contributed by atoms with Crippen molar-refractivity contribution in [3.05, 3.63) is 12.2 Å². The van der Waals surface area contributed by atoms with E-state index in [9.17, 15) is 15.0 Å². The lowest BCUT2D eigenvalue weighted by atomic mass is 10.1. The Hall–Kier alpha value is -1.55. The lowest BCUT2D eigenvalue weighted by Gasteiger charge is -2.13. The highest BCUT2D eigenvalue weighted by Crippen LogP contribution is 2.28. The quantitative estimate of drug-likeness (QED) is 0.443. The number of ether oxygens (including phenoxy) is 1. The SMILES string of the molecule is NC(=O)c1ncn(C2O[C@@H](CO)C(O)C2O)n1. The molecule has 0 radical (unpaired) electrons. The number of carbonyl (C=O) groups is 1. The second kappa shape index (κ2) is 4.37. The zero-order chi connectivity index (χ0) is 12.6. The number of nitrogens with two attached hydrogens (primary N) is 1. The Balaban J connectivity index is 2.19. The van der Waals surface area contributed by atoms with Gasteiger partial charge in [-0.3, -0.25) is 4.79 Å². The van der Waals surface area contributed by atoms with Gasteiger partial charge < -0.3 is 25.8 Å². The molecule has 1 aliphatic heterocycles. The summed E-state index contributed by atoms with van der Waals surface area (Å²) in [6, 6.07) is 0. The molecular formula is C8H12N4O5. The molecular weight excluding hydrogens is 232 g/mol. The minimum Gasteiger partial charge on any atom is -0.394 e. The summed E-state index contributed by atoms with van der Waals surface area (Å²) in [6.07, 6.45) is -3.26. The number of aromatic nitrogens is 3. The number of nitrogens with zero attached hydrogens (tertiary/aromatic N) is 3. The maximum absolute atomic E-state index is 10.8. The van der Waals surface area contributed by atoms with Crippen LogP contribution in [0.1, 0.15) is 16.8 Å². The predicted molar refractivity (Wildman–Crippen MR) is 51.5 cm³/mol. The Morgan fingerprint density at radius 3 is 2.71 bits per heavy atom. The summed E-state index contributed by atoms with van der Waals surface area (Å²) in [5.41, 5.74) is 4.97. The Morgan fingerprint density at radius 2 is 2.24 bits per heavy atom. The topological polar surface area (TPSA) is 144 Å². The van der Waals surface area contributed by atoms with Gasteiger partial charge in [0.25, 0.3) is 5.91 Å². The highest BCUT2D eigenvalue weighted by atomic mass is 16.6. The van der Waals surface area contributed by atoms with Crippen LogP contribution in [0.2, 0.25) is 0 Å². The minimum atomic E-state index is -1.27. The van der Waals surface area contributed by atoms with E-state index in [-0.39, 0.29) is 5.82 Å². The molecule has 94 valence electrons. The van der Waals surface area contributed by atoms with Crippen LogP contribution in [0.5, 0.6) is 0 Å². The Bertz CT molecular complexity index is 422. The van der Waals surface area contributed by atoms with Gasteiger partial charge in [-0.05, 0) is 0 Å². The molecule has 2 heterocycles. The van der Waals surface area contributed by atoms with Crippen molar-refractivity contribution < 1.29 is 24.9 Å². The van der Waals surface area contributed by atoms with Crippen LogP contribution in [0.3, 0.4) is 0 Å². The summed E-state index contributed by atoms with van der Waals surface area (Å²) in [5.74, 6) is -1.03. The fourth-order valence-electron chi connectivity index (χ4n) is 1.61. The van der Waals surface area contributed by atoms with Crippen molar-refractivity contribution >= 4 is 5.91 Å². The van der Waals surface area contributed by atoms with Crippen LogP contribution in [0.25, 0.3) is 0 Å². The monoisotopic (exact) mass is 244 g/mol. The van der Waals surface area contributed by atoms with E-state index in [4.69, 9.17) is 15.6 Å². The summed E-state index contributed by atoms with van der Waals surface area (Å²) in [5, 5.41) is 31.8. The molecule has 17 heavy (non-hydrogen) atoms. The van der Waals surface area contributed by atoms with Crippen LogP contribution in [0, 0.1) is 0 Å². The number of hydrogen-bond donors (Lipinski definition) is 4. The lowest BCUT2D eigenvalue weighted by Crippen LogP contribution is -2.33. The van der Waals surface area contributed by atoms with Crippen molar-refractivity contribution in [1.29, 1.82) is 0 Å². The molecule has 1 saturated heterocycles. The van der Waals surface area contributed by atoms with E-state index in [1.54, 1.807) is 0 Å². The first kappa shape index (κ1) is 11.9. The number of aliphatic hydroxyl groups is 3. The van der Waals surface area contributed by atoms with Gasteiger partial charge >= 0.3 is 0 Å². The molecule has 1 aromatic heterocycles. The fourth-order valence-corrected chi connectivity index (χ4v) is 1.61. The standard InChI is InChI=1S/C8H12N4O5/c9-6(16)7-10-2-12(11-7)8-5(15)4(14)3(1-13)17-8/h2-5,8,13-15H,1H2,(H2,9,16)/t3-,4?,5?,8?/m0/s1. The van der Waals surface area contributed by atoms with Crippen LogP contribution in [0.15, 0.2) is 6.33 Å². The number of amides is 1. The van der Waals surface area contributed by atoms with E-state index < -0.39 is 37.1 Å². The molecule has 0 spiro atoms. The van der Waals surface area contributed by atoms with Crippen LogP contribution in [0.4, 0.5) is 0 Å². The van der Waals surface area contributed by atoms with Gasteiger partial charge in [-0.25, -0.2) is 9.67 Å². The molecule has 2 rings (SSSR count). The fraction of sp³-hybridized carbons (Fsp3) is 0.625. The Kier molecular flexibility index (Phi) is 3.07. The molecule has 1 aliphatic rings. The van der Waals surface area contributed by atoms with E-state index in [1.807, 2.05) is 0 Å². The molecule has 1 amide bonds. The van der Waals surface area contributed by atoms with Gasteiger partial charge in [0, 0.05) is 0 Å². The van der Waals surface area contributed by atoms with Gasteiger partial charge in [0.05, 0.1) is 6.61 Å². The van der Waals surface area contributed by atoms with Crippen molar-refractivity contribution in [2.75, 3.05) is 6.61 Å². The summed E-state index contributed by atoms with van der Waals surface area (Å²) < 4.78 is 6.25. The van der Waals surface area contributed by atoms with Gasteiger partial charge in [-0.2, -0.15) is 0 Å². The highest BCUT2D eigenvalue weighted by molar-refractivity contribution is 5.88. The number of primary amides is 1. The summed E-state index contributed by atoms with van der Waals surface area (Å²) in [4.78, 5) is 14.4. The largest absolute Gasteiger partial charge is 0.394 e. The van der Waals surface area contributed by atoms with Gasteiger partial charge in [0.15, 0.2) is 6.23 Å². The number of rotatable bonds is 3. The first-order valence-electron chi connectivity index (χ1n) is 4.88. The summed E-state index contributed by atoms with van der Waals surface area (Å²) >= 11 is 0. The number of aliphatic hydroxyl groups excluding tert-OH is 3. The predicted octanol–water partition coefficient (Wildman–Crippen LogP) is -3.01. The third-order valence-electron chi connectivity index (χ3n) is 2.51. The normalized spacial score (nSPS) is 32.9. The van der Waals surface area contributed by atoms with E-state index in [2.05, 4.69) is 10.1 Å². The van der Waals surface area contributed by atoms with Crippen LogP contribution < -0.4 is 5.73 Å². The maximum atomic E-state index is 10.8. The van der Waals surface area contributed by atoms with Gasteiger partial charge in [-0.1, -0.05) is 0 Å². The molecule has 3 unspecified atom stereocenters. The third-order valence-corrected chi connectivity index (χ3v) is 2.51. The minimum absolute atomic E-state index is 0.220. The van der Waals surface area contributed by atoms with E-state index in [0.717, 1.165) is 11.0 Å². The van der Waals surface area contributed by atoms with Crippen molar-refractivity contribution in [1.82, 2.24) is 14.8 Å². The third kappa shape index (κ3) is 2.00. The maximum Gasteiger partial charge on any atom is 0.288 e. The molecule has 0 saturated carbocycles. The average Bonchev–Trinajstić information content (AvgIpc) is 2.87. The average molecular weight is 244 g/mol. The van der Waals surface area contributed by atoms with E-state index >= 15 is 0 Å². The lowest BCUT2D eigenvalue weighted by molar-refractivity contribution is -0.0588. The Morgan fingerprint density at radius 1 is 1.53 bits per heavy atom. The Labute approximate surface area is 95.4 Å². The number of hydrogen-bond acceptors (Lipinski definition) is 7. The second-order valence-electron chi connectivity index (χ2n) is 3.64. The van der Waals surface area contributed by atoms with Crippen LogP contribution >= 0.6 is 0 Å². The molecule has 1 aromatic rings. The van der Waals surface area contributed by atoms with Crippen molar-refractivity contribution in [3.63, 3.8) is 0 Å². The first-order valence-corrected chi connectivity index (χ1v) is 4.88. The van der Waals surface area contributed by atoms with Crippen molar-refractivity contribution in [2.24, 2.45) is 5.73 Å². The molecule has 5 N–H and O–H groups in total. The second-order valence-corrected chi connectivity index (χ2v) is 3.64. The van der Waals surface area contributed by atoms with Crippen molar-refractivity contribution in [3.8, 4) is 0 Å².